The van der Waals surface area contributed by atoms with Gasteiger partial charge in [0.1, 0.15) is 49.3 Å². The largest absolute Gasteiger partial charge is 0.481 e. The van der Waals surface area contributed by atoms with Gasteiger partial charge >= 0.3 is 25.7 Å². The molecule has 1 rings (SSSR count). The zero-order valence-corrected chi connectivity index (χ0v) is 44.8. The molecule has 0 saturated heterocycles. The van der Waals surface area contributed by atoms with Crippen LogP contribution in [0.25, 0.3) is 0 Å². The number of carbonyl (C=O) groups is 3. The van der Waals surface area contributed by atoms with Gasteiger partial charge in [0.15, 0.2) is 6.10 Å². The number of carboxylic acid groups (broad SMARTS) is 1. The molecule has 1 saturated carbocycles. The summed E-state index contributed by atoms with van der Waals surface area (Å²) < 4.78 is 33.7. The van der Waals surface area contributed by atoms with Gasteiger partial charge in [-0.1, -0.05) is 143 Å². The number of ether oxygens (including phenoxy) is 2. The molecule has 73 heavy (non-hydrogen) atoms. The second-order valence-corrected chi connectivity index (χ2v) is 20.5. The molecule has 416 valence electrons. The number of hydrogen-bond donors (Lipinski definition) is 9. The Balaban J connectivity index is 2.87. The lowest BCUT2D eigenvalue weighted by molar-refractivity contribution is -0.220. The average Bonchev–Trinajstić information content (AvgIpc) is 3.36. The molecule has 1 aliphatic carbocycles. The maximum absolute atomic E-state index is 13.3. The normalized spacial score (nSPS) is 22.4. The van der Waals surface area contributed by atoms with E-state index in [1.165, 1.54) is 32.1 Å². The van der Waals surface area contributed by atoms with Gasteiger partial charge in [0.25, 0.3) is 0 Å². The summed E-state index contributed by atoms with van der Waals surface area (Å²) in [6.45, 7) is 2.79. The summed E-state index contributed by atoms with van der Waals surface area (Å²) in [4.78, 5) is 47.7. The summed E-state index contributed by atoms with van der Waals surface area (Å²) in [7, 11) is -5.30. The van der Waals surface area contributed by atoms with Crippen molar-refractivity contribution in [2.45, 2.75) is 202 Å². The fraction of sp³-hybridized carbons (Fsp3) is 0.648. The minimum atomic E-state index is -5.30. The van der Waals surface area contributed by atoms with Gasteiger partial charge in [-0.3, -0.25) is 23.4 Å². The van der Waals surface area contributed by atoms with Crippen LogP contribution in [-0.4, -0.2) is 138 Å². The summed E-state index contributed by atoms with van der Waals surface area (Å²) in [5, 5.41) is 70.0. The van der Waals surface area contributed by atoms with E-state index in [9.17, 15) is 54.5 Å². The Kier molecular flexibility index (Phi) is 39.5. The number of hydrogen-bond acceptors (Lipinski definition) is 16. The van der Waals surface area contributed by atoms with Crippen molar-refractivity contribution in [1.82, 2.24) is 0 Å². The zero-order chi connectivity index (χ0) is 54.1. The maximum Gasteiger partial charge on any atom is 0.472 e. The van der Waals surface area contributed by atoms with Crippen LogP contribution in [0.2, 0.25) is 0 Å². The summed E-state index contributed by atoms with van der Waals surface area (Å²) in [5.41, 5.74) is 6.21. The number of aliphatic carboxylic acids is 1. The van der Waals surface area contributed by atoms with Gasteiger partial charge in [0, 0.05) is 23.8 Å². The molecule has 0 radical (unpaired) electrons. The van der Waals surface area contributed by atoms with Crippen LogP contribution in [0, 0.1) is 0 Å². The maximum atomic E-state index is 13.3. The number of thioether (sulfide) groups is 1. The lowest BCUT2D eigenvalue weighted by Crippen LogP contribution is -2.64. The second-order valence-electron chi connectivity index (χ2n) is 17.9. The molecule has 0 amide bonds. The number of aliphatic hydroxyl groups is 6. The van der Waals surface area contributed by atoms with E-state index in [4.69, 9.17) is 29.4 Å². The van der Waals surface area contributed by atoms with Gasteiger partial charge in [0.05, 0.1) is 12.7 Å². The Bertz CT molecular complexity index is 1770. The Labute approximate surface area is 438 Å². The number of aliphatic hydroxyl groups excluding tert-OH is 6. The molecule has 11 atom stereocenters. The molecule has 1 fully saturated rings. The fourth-order valence-electron chi connectivity index (χ4n) is 7.05. The van der Waals surface area contributed by atoms with Gasteiger partial charge in [-0.2, -0.15) is 0 Å². The lowest BCUT2D eigenvalue weighted by atomic mass is 9.85. The third-order valence-corrected chi connectivity index (χ3v) is 13.8. The van der Waals surface area contributed by atoms with E-state index in [1.54, 1.807) is 18.2 Å². The van der Waals surface area contributed by atoms with Crippen molar-refractivity contribution in [3.05, 3.63) is 97.2 Å². The lowest BCUT2D eigenvalue weighted by Gasteiger charge is -2.41. The predicted octanol–water partition coefficient (Wildman–Crippen LogP) is 7.93. The highest BCUT2D eigenvalue weighted by Gasteiger charge is 2.51. The van der Waals surface area contributed by atoms with Crippen LogP contribution in [0.1, 0.15) is 142 Å². The first-order valence-electron chi connectivity index (χ1n) is 26.0. The number of unbranched alkanes of at least 4 members (excludes halogenated alkanes) is 9. The molecule has 19 heteroatoms. The van der Waals surface area contributed by atoms with Gasteiger partial charge in [-0.25, -0.2) is 4.57 Å². The number of allylic oxidation sites excluding steroid dienone is 15. The molecule has 17 nitrogen and oxygen atoms in total. The molecule has 0 spiro atoms. The van der Waals surface area contributed by atoms with Crippen molar-refractivity contribution >= 4 is 37.5 Å². The Hall–Kier alpha value is -3.49. The Morgan fingerprint density at radius 3 is 1.68 bits per heavy atom. The molecule has 3 unspecified atom stereocenters. The van der Waals surface area contributed by atoms with Crippen molar-refractivity contribution in [3.63, 3.8) is 0 Å². The Morgan fingerprint density at radius 1 is 0.630 bits per heavy atom. The van der Waals surface area contributed by atoms with Crippen LogP contribution in [0.15, 0.2) is 97.2 Å². The van der Waals surface area contributed by atoms with E-state index in [0.29, 0.717) is 6.42 Å². The molecule has 0 aromatic carbocycles. The van der Waals surface area contributed by atoms with Crippen LogP contribution >= 0.6 is 19.6 Å². The fourth-order valence-corrected chi connectivity index (χ4v) is 9.14. The van der Waals surface area contributed by atoms with E-state index < -0.39 is 99.1 Å². The molecule has 1 aliphatic rings. The van der Waals surface area contributed by atoms with Crippen molar-refractivity contribution in [1.29, 1.82) is 0 Å². The highest BCUT2D eigenvalue weighted by molar-refractivity contribution is 8.00. The third-order valence-electron chi connectivity index (χ3n) is 11.4. The standard InChI is InChI=1S/C54H88NO16PS/c1-3-5-7-9-11-13-15-17-18-19-20-21-22-23-25-27-29-31-33-38-47(59)68-39-42(40-69-72(66,67)71-53-51(63)49(61)48(60)50(62)52(53)64)70-54(65)43(55)41-73-45(44(56)35-34-37-46(57)58)36-32-30-28-26-24-16-14-12-10-8-6-4-2/h11-14,17-18,20-21,23-26,28,30,32,36,42-45,48-53,56,60-64H,3-10,15-16,19,22,27,29,31,33-35,37-41,55H2,1-2H3,(H,57,58)(H,66,67)/b13-11-,14-12-,18-17-,21-20-,25-23-,26-24-,30-28+,36-32+/t42-,43+,44+,45-,48?,49-,50+,51-,52-,53?/m1/s1. The van der Waals surface area contributed by atoms with Gasteiger partial charge in [0.2, 0.25) is 0 Å². The Morgan fingerprint density at radius 2 is 1.14 bits per heavy atom. The van der Waals surface area contributed by atoms with E-state index in [1.807, 2.05) is 18.2 Å². The number of phosphoric acid groups is 1. The quantitative estimate of drug-likeness (QED) is 0.00922. The second kappa shape index (κ2) is 42.7. The monoisotopic (exact) mass is 1070 g/mol. The van der Waals surface area contributed by atoms with Crippen LogP contribution in [0.3, 0.4) is 0 Å². The SMILES string of the molecule is CCCCC/C=C\C\C=C/C=C/C=C/[C@@H](SC[C@H](N)C(=O)O[C@H](COC(=O)CCCCC/C=C\C/C=C\C/C=C\C/C=C\CCCCC)COP(=O)(O)OC1[C@H](O)[C@H](O)C(O)[C@H](O)[C@H]1O)[C@@H](O)CCCC(=O)O. The molecule has 10 N–H and O–H groups in total. The van der Waals surface area contributed by atoms with Crippen molar-refractivity contribution in [2.24, 2.45) is 5.73 Å². The summed E-state index contributed by atoms with van der Waals surface area (Å²) in [5.74, 6) is -2.80. The van der Waals surface area contributed by atoms with E-state index in [-0.39, 0.29) is 31.4 Å². The van der Waals surface area contributed by atoms with Crippen molar-refractivity contribution in [3.8, 4) is 0 Å². The summed E-state index contributed by atoms with van der Waals surface area (Å²) >= 11 is 1.11. The first kappa shape index (κ1) is 67.5. The third kappa shape index (κ3) is 33.9. The van der Waals surface area contributed by atoms with Gasteiger partial charge in [-0.15, -0.1) is 11.8 Å². The van der Waals surface area contributed by atoms with E-state index >= 15 is 0 Å². The molecule has 0 heterocycles. The highest BCUT2D eigenvalue weighted by Crippen LogP contribution is 2.47. The summed E-state index contributed by atoms with van der Waals surface area (Å²) in [6.07, 6.45) is 33.3. The molecular formula is C54H88NO16PS. The number of nitrogens with two attached hydrogens (primary N) is 1. The van der Waals surface area contributed by atoms with Crippen LogP contribution in [-0.2, 0) is 37.5 Å². The van der Waals surface area contributed by atoms with Crippen LogP contribution in [0.5, 0.6) is 0 Å². The number of carbonyl (C=O) groups excluding carboxylic acids is 2. The molecule has 0 bridgehead atoms. The van der Waals surface area contributed by atoms with Gasteiger partial charge in [-0.05, 0) is 83.5 Å². The average molecular weight is 1070 g/mol. The number of carboxylic acids is 1. The molecule has 0 aromatic heterocycles. The molecule has 0 aliphatic heterocycles. The van der Waals surface area contributed by atoms with Crippen molar-refractivity contribution in [2.75, 3.05) is 19.0 Å². The molecular weight excluding hydrogens is 982 g/mol. The zero-order valence-electron chi connectivity index (χ0n) is 43.1. The van der Waals surface area contributed by atoms with Gasteiger partial charge < -0.3 is 55.8 Å². The molecule has 0 aromatic rings. The number of rotatable bonds is 42. The van der Waals surface area contributed by atoms with Crippen LogP contribution < -0.4 is 5.73 Å². The topological polar surface area (TPSA) is 293 Å². The van der Waals surface area contributed by atoms with E-state index in [2.05, 4.69) is 74.6 Å². The highest BCUT2D eigenvalue weighted by atomic mass is 32.2. The minimum absolute atomic E-state index is 0.0214. The summed E-state index contributed by atoms with van der Waals surface area (Å²) in [6, 6.07) is -1.34. The van der Waals surface area contributed by atoms with E-state index in [0.717, 1.165) is 76.0 Å². The first-order valence-corrected chi connectivity index (χ1v) is 28.5. The number of phosphoric ester groups is 1. The number of esters is 2. The minimum Gasteiger partial charge on any atom is -0.481 e. The van der Waals surface area contributed by atoms with Crippen LogP contribution in [0.4, 0.5) is 0 Å². The predicted molar refractivity (Wildman–Crippen MR) is 286 cm³/mol. The van der Waals surface area contributed by atoms with Crippen molar-refractivity contribution < 1.29 is 78.1 Å². The smallest absolute Gasteiger partial charge is 0.472 e. The first-order chi connectivity index (χ1) is 35.0.